The van der Waals surface area contributed by atoms with Gasteiger partial charge in [-0.3, -0.25) is 4.98 Å². The lowest BCUT2D eigenvalue weighted by molar-refractivity contribution is 0.958. The van der Waals surface area contributed by atoms with E-state index in [0.29, 0.717) is 0 Å². The number of nitrogens with zero attached hydrogens (tertiary/aromatic N) is 3. The maximum atomic E-state index is 4.34. The first-order chi connectivity index (χ1) is 8.63. The zero-order valence-corrected chi connectivity index (χ0v) is 11.1. The van der Waals surface area contributed by atoms with Gasteiger partial charge in [-0.25, -0.2) is 9.97 Å². The molecule has 0 spiro atoms. The molecule has 0 unspecified atom stereocenters. The number of anilines is 1. The van der Waals surface area contributed by atoms with Crippen molar-refractivity contribution in [2.75, 3.05) is 11.9 Å². The minimum atomic E-state index is 0.800. The predicted molar refractivity (Wildman–Crippen MR) is 72.7 cm³/mol. The summed E-state index contributed by atoms with van der Waals surface area (Å²) in [5.41, 5.74) is 3.27. The molecular weight excluding hydrogens is 224 g/mol. The minimum Gasteiger partial charge on any atom is -0.370 e. The Hall–Kier alpha value is -1.97. The van der Waals surface area contributed by atoms with E-state index < -0.39 is 0 Å². The van der Waals surface area contributed by atoms with Gasteiger partial charge in [0, 0.05) is 30.2 Å². The molecule has 0 radical (unpaired) electrons. The molecule has 0 saturated carbocycles. The van der Waals surface area contributed by atoms with E-state index in [1.54, 1.807) is 0 Å². The fourth-order valence-electron chi connectivity index (χ4n) is 1.79. The van der Waals surface area contributed by atoms with Crippen LogP contribution in [0.25, 0.3) is 0 Å². The molecule has 0 amide bonds. The third-order valence-corrected chi connectivity index (χ3v) is 2.66. The molecular formula is C14H18N4. The van der Waals surface area contributed by atoms with E-state index in [-0.39, 0.29) is 0 Å². The average molecular weight is 242 g/mol. The molecule has 0 aliphatic heterocycles. The summed E-state index contributed by atoms with van der Waals surface area (Å²) in [5, 5.41) is 3.31. The summed E-state index contributed by atoms with van der Waals surface area (Å²) in [5.74, 6) is 1.69. The summed E-state index contributed by atoms with van der Waals surface area (Å²) >= 11 is 0. The third-order valence-electron chi connectivity index (χ3n) is 2.66. The molecule has 0 fully saturated rings. The van der Waals surface area contributed by atoms with Gasteiger partial charge in [0.25, 0.3) is 0 Å². The van der Waals surface area contributed by atoms with Crippen molar-refractivity contribution in [3.63, 3.8) is 0 Å². The van der Waals surface area contributed by atoms with Crippen LogP contribution in [0.3, 0.4) is 0 Å². The van der Waals surface area contributed by atoms with Crippen molar-refractivity contribution in [1.82, 2.24) is 15.0 Å². The summed E-state index contributed by atoms with van der Waals surface area (Å²) in [6, 6.07) is 6.11. The maximum Gasteiger partial charge on any atom is 0.129 e. The Balaban J connectivity index is 1.90. The van der Waals surface area contributed by atoms with Gasteiger partial charge >= 0.3 is 0 Å². The molecule has 94 valence electrons. The first kappa shape index (κ1) is 12.5. The first-order valence-electron chi connectivity index (χ1n) is 6.11. The van der Waals surface area contributed by atoms with Crippen molar-refractivity contribution in [3.05, 3.63) is 47.2 Å². The second kappa shape index (κ2) is 5.58. The monoisotopic (exact) mass is 242 g/mol. The highest BCUT2D eigenvalue weighted by atomic mass is 15.0. The van der Waals surface area contributed by atoms with Crippen LogP contribution in [0.5, 0.6) is 0 Å². The molecule has 2 rings (SSSR count). The van der Waals surface area contributed by atoms with Crippen LogP contribution in [0.15, 0.2) is 24.4 Å². The largest absolute Gasteiger partial charge is 0.370 e. The number of nitrogens with one attached hydrogen (secondary N) is 1. The van der Waals surface area contributed by atoms with Crippen LogP contribution in [-0.4, -0.2) is 21.5 Å². The van der Waals surface area contributed by atoms with E-state index in [2.05, 4.69) is 26.3 Å². The molecule has 2 aromatic heterocycles. The van der Waals surface area contributed by atoms with Gasteiger partial charge in [-0.1, -0.05) is 6.07 Å². The summed E-state index contributed by atoms with van der Waals surface area (Å²) in [4.78, 5) is 12.9. The van der Waals surface area contributed by atoms with Gasteiger partial charge < -0.3 is 5.32 Å². The van der Waals surface area contributed by atoms with E-state index >= 15 is 0 Å². The normalized spacial score (nSPS) is 10.4. The molecule has 2 heterocycles. The Bertz CT molecular complexity index is 500. The number of rotatable bonds is 4. The highest BCUT2D eigenvalue weighted by Crippen LogP contribution is 2.06. The summed E-state index contributed by atoms with van der Waals surface area (Å²) in [6.45, 7) is 6.72. The van der Waals surface area contributed by atoms with E-state index in [0.717, 1.165) is 36.0 Å². The van der Waals surface area contributed by atoms with Crippen LogP contribution in [-0.2, 0) is 6.42 Å². The Morgan fingerprint density at radius 1 is 1.06 bits per heavy atom. The van der Waals surface area contributed by atoms with E-state index in [4.69, 9.17) is 0 Å². The highest BCUT2D eigenvalue weighted by Gasteiger charge is 1.98. The summed E-state index contributed by atoms with van der Waals surface area (Å²) in [6.07, 6.45) is 2.86. The SMILES string of the molecule is Cc1ccc(CCNc2cc(C)nc(C)n2)cn1. The molecule has 0 saturated heterocycles. The minimum absolute atomic E-state index is 0.800. The van der Waals surface area contributed by atoms with Gasteiger partial charge in [0.15, 0.2) is 0 Å². The third kappa shape index (κ3) is 3.52. The van der Waals surface area contributed by atoms with Gasteiger partial charge in [-0.2, -0.15) is 0 Å². The molecule has 4 nitrogen and oxygen atoms in total. The second-order valence-corrected chi connectivity index (χ2v) is 4.43. The second-order valence-electron chi connectivity index (χ2n) is 4.43. The average Bonchev–Trinajstić information content (AvgIpc) is 2.30. The Morgan fingerprint density at radius 2 is 1.89 bits per heavy atom. The Kier molecular flexibility index (Phi) is 3.87. The standard InChI is InChI=1S/C14H18N4/c1-10-4-5-13(9-16-10)6-7-15-14-8-11(2)17-12(3)18-14/h4-5,8-9H,6-7H2,1-3H3,(H,15,17,18). The maximum absolute atomic E-state index is 4.34. The van der Waals surface area contributed by atoms with Crippen LogP contribution in [0.1, 0.15) is 22.8 Å². The van der Waals surface area contributed by atoms with Crippen molar-refractivity contribution in [1.29, 1.82) is 0 Å². The number of aryl methyl sites for hydroxylation is 3. The van der Waals surface area contributed by atoms with Gasteiger partial charge in [0.05, 0.1) is 0 Å². The van der Waals surface area contributed by atoms with E-state index in [1.807, 2.05) is 39.1 Å². The van der Waals surface area contributed by atoms with Crippen LogP contribution in [0.2, 0.25) is 0 Å². The zero-order chi connectivity index (χ0) is 13.0. The van der Waals surface area contributed by atoms with Gasteiger partial charge in [0.2, 0.25) is 0 Å². The highest BCUT2D eigenvalue weighted by molar-refractivity contribution is 5.35. The molecule has 0 aliphatic rings. The number of aromatic nitrogens is 3. The molecule has 1 N–H and O–H groups in total. The fraction of sp³-hybridized carbons (Fsp3) is 0.357. The Morgan fingerprint density at radius 3 is 2.56 bits per heavy atom. The predicted octanol–water partition coefficient (Wildman–Crippen LogP) is 2.45. The summed E-state index contributed by atoms with van der Waals surface area (Å²) < 4.78 is 0. The van der Waals surface area contributed by atoms with E-state index in [1.165, 1.54) is 5.56 Å². The number of hydrogen-bond acceptors (Lipinski definition) is 4. The first-order valence-corrected chi connectivity index (χ1v) is 6.11. The van der Waals surface area contributed by atoms with Crippen molar-refractivity contribution in [3.8, 4) is 0 Å². The van der Waals surface area contributed by atoms with Crippen LogP contribution >= 0.6 is 0 Å². The lowest BCUT2D eigenvalue weighted by Crippen LogP contribution is -2.08. The van der Waals surface area contributed by atoms with Crippen molar-refractivity contribution in [2.24, 2.45) is 0 Å². The number of pyridine rings is 1. The Labute approximate surface area is 108 Å². The van der Waals surface area contributed by atoms with Gasteiger partial charge in [-0.05, 0) is 38.8 Å². The zero-order valence-electron chi connectivity index (χ0n) is 11.1. The molecule has 4 heteroatoms. The number of hydrogen-bond donors (Lipinski definition) is 1. The lowest BCUT2D eigenvalue weighted by Gasteiger charge is -2.07. The van der Waals surface area contributed by atoms with E-state index in [9.17, 15) is 0 Å². The topological polar surface area (TPSA) is 50.7 Å². The quantitative estimate of drug-likeness (QED) is 0.894. The fourth-order valence-corrected chi connectivity index (χ4v) is 1.79. The molecule has 2 aromatic rings. The molecule has 0 atom stereocenters. The van der Waals surface area contributed by atoms with Crippen molar-refractivity contribution >= 4 is 5.82 Å². The lowest BCUT2D eigenvalue weighted by atomic mass is 10.2. The molecule has 0 aliphatic carbocycles. The molecule has 0 bridgehead atoms. The van der Waals surface area contributed by atoms with Crippen LogP contribution in [0.4, 0.5) is 5.82 Å². The van der Waals surface area contributed by atoms with Crippen LogP contribution in [0, 0.1) is 20.8 Å². The van der Waals surface area contributed by atoms with Gasteiger partial charge in [-0.15, -0.1) is 0 Å². The summed E-state index contributed by atoms with van der Waals surface area (Å²) in [7, 11) is 0. The van der Waals surface area contributed by atoms with Crippen LogP contribution < -0.4 is 5.32 Å². The van der Waals surface area contributed by atoms with Crippen molar-refractivity contribution < 1.29 is 0 Å². The molecule has 0 aromatic carbocycles. The smallest absolute Gasteiger partial charge is 0.129 e. The van der Waals surface area contributed by atoms with Gasteiger partial charge in [0.1, 0.15) is 11.6 Å². The molecule has 18 heavy (non-hydrogen) atoms. The van der Waals surface area contributed by atoms with Crippen molar-refractivity contribution in [2.45, 2.75) is 27.2 Å².